The zero-order valence-electron chi connectivity index (χ0n) is 11.5. The molecule has 114 valence electrons. The largest absolute Gasteiger partial charge is 0.481 e. The lowest BCUT2D eigenvalue weighted by molar-refractivity contribution is -0.147. The van der Waals surface area contributed by atoms with Gasteiger partial charge in [-0.2, -0.15) is 0 Å². The minimum absolute atomic E-state index is 0.0495. The monoisotopic (exact) mass is 290 g/mol. The Hall–Kier alpha value is -1.40. The number of amides is 2. The van der Waals surface area contributed by atoms with Crippen LogP contribution in [-0.4, -0.2) is 47.6 Å². The number of hydrogen-bond donors (Lipinski definition) is 2. The number of carbonyl (C=O) groups excluding carboxylic acids is 1. The molecule has 2 rings (SSSR count). The zero-order valence-corrected chi connectivity index (χ0v) is 11.5. The van der Waals surface area contributed by atoms with Gasteiger partial charge in [-0.3, -0.25) is 4.79 Å². The summed E-state index contributed by atoms with van der Waals surface area (Å²) in [4.78, 5) is 24.4. The van der Waals surface area contributed by atoms with Gasteiger partial charge in [0.05, 0.1) is 5.41 Å². The lowest BCUT2D eigenvalue weighted by Crippen LogP contribution is -2.44. The van der Waals surface area contributed by atoms with Crippen LogP contribution in [0.1, 0.15) is 32.6 Å². The molecular weight excluding hydrogens is 270 g/mol. The number of carboxylic acids is 1. The van der Waals surface area contributed by atoms with E-state index in [4.69, 9.17) is 5.11 Å². The van der Waals surface area contributed by atoms with Crippen LogP contribution >= 0.6 is 0 Å². The molecule has 1 saturated carbocycles. The zero-order chi connectivity index (χ0) is 15.0. The lowest BCUT2D eigenvalue weighted by Gasteiger charge is -2.23. The van der Waals surface area contributed by atoms with Crippen molar-refractivity contribution in [3.05, 3.63) is 0 Å². The van der Waals surface area contributed by atoms with Crippen LogP contribution < -0.4 is 5.32 Å². The summed E-state index contributed by atoms with van der Waals surface area (Å²) in [6.45, 7) is 2.00. The Morgan fingerprint density at radius 1 is 1.40 bits per heavy atom. The van der Waals surface area contributed by atoms with Crippen LogP contribution in [0.5, 0.6) is 0 Å². The Kier molecular flexibility index (Phi) is 3.88. The van der Waals surface area contributed by atoms with E-state index in [9.17, 15) is 18.4 Å². The van der Waals surface area contributed by atoms with Crippen LogP contribution in [0.3, 0.4) is 0 Å². The van der Waals surface area contributed by atoms with Crippen LogP contribution in [0.15, 0.2) is 0 Å². The summed E-state index contributed by atoms with van der Waals surface area (Å²) in [5, 5.41) is 11.6. The molecule has 2 aliphatic rings. The maximum Gasteiger partial charge on any atom is 0.317 e. The van der Waals surface area contributed by atoms with E-state index >= 15 is 0 Å². The molecule has 2 amide bonds. The van der Waals surface area contributed by atoms with E-state index in [-0.39, 0.29) is 19.5 Å². The van der Waals surface area contributed by atoms with E-state index < -0.39 is 29.3 Å². The number of rotatable bonds is 3. The summed E-state index contributed by atoms with van der Waals surface area (Å²) in [5.41, 5.74) is -0.936. The highest BCUT2D eigenvalue weighted by molar-refractivity contribution is 5.79. The molecule has 0 aromatic heterocycles. The predicted octanol–water partition coefficient (Wildman–Crippen LogP) is 1.93. The van der Waals surface area contributed by atoms with Crippen LogP contribution in [0.2, 0.25) is 0 Å². The van der Waals surface area contributed by atoms with Gasteiger partial charge in [-0.1, -0.05) is 0 Å². The standard InChI is InChI=1S/C13H20F2N2O3/c1-12(10(18)19)5-6-17(8-12)11(20)16-7-9-3-2-4-13(9,14)15/h9H,2-8H2,1H3,(H,16,20)(H,18,19). The first kappa shape index (κ1) is 15.0. The van der Waals surface area contributed by atoms with E-state index in [2.05, 4.69) is 5.32 Å². The molecule has 0 radical (unpaired) electrons. The average Bonchev–Trinajstić information content (AvgIpc) is 2.91. The lowest BCUT2D eigenvalue weighted by atomic mass is 9.90. The second-order valence-electron chi connectivity index (χ2n) is 6.07. The van der Waals surface area contributed by atoms with Crippen molar-refractivity contribution in [2.75, 3.05) is 19.6 Å². The third-order valence-corrected chi connectivity index (χ3v) is 4.44. The summed E-state index contributed by atoms with van der Waals surface area (Å²) in [6, 6.07) is -0.447. The molecule has 7 heteroatoms. The first-order valence-corrected chi connectivity index (χ1v) is 6.89. The van der Waals surface area contributed by atoms with Crippen molar-refractivity contribution in [3.8, 4) is 0 Å². The van der Waals surface area contributed by atoms with Gasteiger partial charge in [0.2, 0.25) is 0 Å². The first-order chi connectivity index (χ1) is 9.24. The summed E-state index contributed by atoms with van der Waals surface area (Å²) >= 11 is 0. The molecule has 2 atom stereocenters. The highest BCUT2D eigenvalue weighted by Gasteiger charge is 2.45. The van der Waals surface area contributed by atoms with Crippen molar-refractivity contribution in [1.29, 1.82) is 0 Å². The molecule has 20 heavy (non-hydrogen) atoms. The van der Waals surface area contributed by atoms with E-state index in [1.165, 1.54) is 4.90 Å². The molecule has 1 aliphatic carbocycles. The van der Waals surface area contributed by atoms with Crippen molar-refractivity contribution < 1.29 is 23.5 Å². The summed E-state index contributed by atoms with van der Waals surface area (Å²) in [6.07, 6.45) is 1.16. The number of nitrogens with one attached hydrogen (secondary N) is 1. The van der Waals surface area contributed by atoms with Gasteiger partial charge < -0.3 is 15.3 Å². The van der Waals surface area contributed by atoms with E-state index in [0.717, 1.165) is 0 Å². The van der Waals surface area contributed by atoms with Gasteiger partial charge in [-0.25, -0.2) is 13.6 Å². The van der Waals surface area contributed by atoms with Gasteiger partial charge in [0, 0.05) is 32.0 Å². The Balaban J connectivity index is 1.83. The highest BCUT2D eigenvalue weighted by Crippen LogP contribution is 2.39. The number of aliphatic carboxylic acids is 1. The van der Waals surface area contributed by atoms with Gasteiger partial charge in [0.25, 0.3) is 5.92 Å². The molecule has 5 nitrogen and oxygen atoms in total. The Morgan fingerprint density at radius 3 is 2.60 bits per heavy atom. The van der Waals surface area contributed by atoms with Gasteiger partial charge in [0.1, 0.15) is 0 Å². The maximum absolute atomic E-state index is 13.4. The summed E-state index contributed by atoms with van der Waals surface area (Å²) in [7, 11) is 0. The predicted molar refractivity (Wildman–Crippen MR) is 67.6 cm³/mol. The molecule has 2 fully saturated rings. The molecule has 0 bridgehead atoms. The first-order valence-electron chi connectivity index (χ1n) is 6.89. The fraction of sp³-hybridized carbons (Fsp3) is 0.846. The SMILES string of the molecule is CC1(C(=O)O)CCN(C(=O)NCC2CCCC2(F)F)C1. The summed E-state index contributed by atoms with van der Waals surface area (Å²) in [5.74, 6) is -4.44. The Bertz CT molecular complexity index is 416. The van der Waals surface area contributed by atoms with Crippen LogP contribution in [0.4, 0.5) is 13.6 Å². The number of hydrogen-bond acceptors (Lipinski definition) is 2. The Morgan fingerprint density at radius 2 is 2.10 bits per heavy atom. The topological polar surface area (TPSA) is 69.6 Å². The minimum atomic E-state index is -2.70. The number of likely N-dealkylation sites (tertiary alicyclic amines) is 1. The normalized spacial score (nSPS) is 32.4. The molecule has 0 spiro atoms. The van der Waals surface area contributed by atoms with Gasteiger partial charge in [-0.05, 0) is 26.2 Å². The molecular formula is C13H20F2N2O3. The molecule has 0 aromatic carbocycles. The number of carboxylic acid groups (broad SMARTS) is 1. The maximum atomic E-state index is 13.4. The van der Waals surface area contributed by atoms with Crippen molar-refractivity contribution in [2.24, 2.45) is 11.3 Å². The van der Waals surface area contributed by atoms with Crippen LogP contribution in [0.25, 0.3) is 0 Å². The molecule has 1 heterocycles. The van der Waals surface area contributed by atoms with Crippen LogP contribution in [0, 0.1) is 11.3 Å². The molecule has 2 N–H and O–H groups in total. The van der Waals surface area contributed by atoms with Gasteiger partial charge >= 0.3 is 12.0 Å². The van der Waals surface area contributed by atoms with Gasteiger partial charge in [-0.15, -0.1) is 0 Å². The molecule has 2 unspecified atom stereocenters. The average molecular weight is 290 g/mol. The van der Waals surface area contributed by atoms with Crippen LogP contribution in [-0.2, 0) is 4.79 Å². The Labute approximate surface area is 116 Å². The highest BCUT2D eigenvalue weighted by atomic mass is 19.3. The third kappa shape index (κ3) is 2.86. The van der Waals surface area contributed by atoms with Crippen molar-refractivity contribution in [1.82, 2.24) is 10.2 Å². The molecule has 0 aromatic rings. The molecule has 1 saturated heterocycles. The number of urea groups is 1. The quantitative estimate of drug-likeness (QED) is 0.834. The van der Waals surface area contributed by atoms with Crippen molar-refractivity contribution in [3.63, 3.8) is 0 Å². The van der Waals surface area contributed by atoms with Crippen molar-refractivity contribution >= 4 is 12.0 Å². The fourth-order valence-corrected chi connectivity index (χ4v) is 2.88. The minimum Gasteiger partial charge on any atom is -0.481 e. The number of carbonyl (C=O) groups is 2. The third-order valence-electron chi connectivity index (χ3n) is 4.44. The van der Waals surface area contributed by atoms with Crippen molar-refractivity contribution in [2.45, 2.75) is 38.5 Å². The number of nitrogens with zero attached hydrogens (tertiary/aromatic N) is 1. The fourth-order valence-electron chi connectivity index (χ4n) is 2.88. The smallest absolute Gasteiger partial charge is 0.317 e. The van der Waals surface area contributed by atoms with Gasteiger partial charge in [0.15, 0.2) is 0 Å². The van der Waals surface area contributed by atoms with E-state index in [1.54, 1.807) is 6.92 Å². The number of alkyl halides is 2. The summed E-state index contributed by atoms with van der Waals surface area (Å²) < 4.78 is 26.8. The molecule has 1 aliphatic heterocycles. The second-order valence-corrected chi connectivity index (χ2v) is 6.07. The number of halogens is 2. The van der Waals surface area contributed by atoms with E-state index in [0.29, 0.717) is 25.8 Å². The second kappa shape index (κ2) is 5.18. The van der Waals surface area contributed by atoms with E-state index in [1.807, 2.05) is 0 Å².